The highest BCUT2D eigenvalue weighted by atomic mass is 16.5. The Morgan fingerprint density at radius 2 is 2.13 bits per heavy atom. The number of H-pyrrole nitrogens is 1. The van der Waals surface area contributed by atoms with E-state index in [-0.39, 0.29) is 5.56 Å². The number of fused-ring (bicyclic) bond motifs is 1. The first-order chi connectivity index (χ1) is 7.15. The van der Waals surface area contributed by atoms with Crippen molar-refractivity contribution in [2.24, 2.45) is 0 Å². The van der Waals surface area contributed by atoms with Crippen LogP contribution in [0.2, 0.25) is 0 Å². The van der Waals surface area contributed by atoms with Gasteiger partial charge in [-0.25, -0.2) is 4.98 Å². The number of hydrogen-bond donors (Lipinski definition) is 1. The highest BCUT2D eigenvalue weighted by Crippen LogP contribution is 2.26. The Bertz CT molecular complexity index is 573. The largest absolute Gasteiger partial charge is 0.494 e. The van der Waals surface area contributed by atoms with Crippen LogP contribution in [0.5, 0.6) is 5.75 Å². The van der Waals surface area contributed by atoms with Gasteiger partial charge in [0.15, 0.2) is 0 Å². The average Bonchev–Trinajstić information content (AvgIpc) is 2.23. The van der Waals surface area contributed by atoms with Crippen LogP contribution in [-0.2, 0) is 0 Å². The molecule has 78 valence electrons. The number of nitrogens with zero attached hydrogens (tertiary/aromatic N) is 1. The molecule has 0 aliphatic heterocycles. The molecular formula is C11H12N2O2. The van der Waals surface area contributed by atoms with Crippen LogP contribution < -0.4 is 10.3 Å². The predicted molar refractivity (Wildman–Crippen MR) is 58.4 cm³/mol. The zero-order valence-electron chi connectivity index (χ0n) is 8.92. The van der Waals surface area contributed by atoms with Crippen molar-refractivity contribution in [2.45, 2.75) is 13.8 Å². The van der Waals surface area contributed by atoms with E-state index in [0.717, 1.165) is 11.1 Å². The molecule has 0 aliphatic carbocycles. The summed E-state index contributed by atoms with van der Waals surface area (Å²) in [4.78, 5) is 18.4. The number of rotatable bonds is 1. The summed E-state index contributed by atoms with van der Waals surface area (Å²) < 4.78 is 5.20. The number of benzene rings is 1. The first kappa shape index (κ1) is 9.71. The van der Waals surface area contributed by atoms with E-state index >= 15 is 0 Å². The summed E-state index contributed by atoms with van der Waals surface area (Å²) in [5, 5.41) is 0.606. The van der Waals surface area contributed by atoms with Gasteiger partial charge < -0.3 is 9.72 Å². The number of methoxy groups -OCH3 is 1. The van der Waals surface area contributed by atoms with Crippen molar-refractivity contribution in [3.63, 3.8) is 0 Å². The molecular weight excluding hydrogens is 192 g/mol. The molecule has 2 rings (SSSR count). The van der Waals surface area contributed by atoms with E-state index in [4.69, 9.17) is 4.74 Å². The van der Waals surface area contributed by atoms with E-state index in [1.807, 2.05) is 19.9 Å². The van der Waals surface area contributed by atoms with Gasteiger partial charge in [-0.3, -0.25) is 4.79 Å². The van der Waals surface area contributed by atoms with Gasteiger partial charge in [0, 0.05) is 0 Å². The molecule has 0 amide bonds. The molecule has 1 heterocycles. The molecule has 0 saturated carbocycles. The Morgan fingerprint density at radius 1 is 1.40 bits per heavy atom. The topological polar surface area (TPSA) is 55.0 Å². The molecule has 0 fully saturated rings. The van der Waals surface area contributed by atoms with Crippen LogP contribution in [0.1, 0.15) is 11.1 Å². The van der Waals surface area contributed by atoms with E-state index in [9.17, 15) is 4.79 Å². The lowest BCUT2D eigenvalue weighted by Gasteiger charge is -2.08. The van der Waals surface area contributed by atoms with Gasteiger partial charge in [0.05, 0.1) is 18.8 Å². The molecule has 0 bridgehead atoms. The Balaban J connectivity index is 3.03. The number of nitrogens with one attached hydrogen (secondary N) is 1. The van der Waals surface area contributed by atoms with Gasteiger partial charge in [0.25, 0.3) is 5.56 Å². The summed E-state index contributed by atoms with van der Waals surface area (Å²) in [5.41, 5.74) is 2.46. The second-order valence-corrected chi connectivity index (χ2v) is 3.48. The summed E-state index contributed by atoms with van der Waals surface area (Å²) in [6.07, 6.45) is 1.39. The Hall–Kier alpha value is -1.84. The smallest absolute Gasteiger partial charge is 0.258 e. The van der Waals surface area contributed by atoms with Gasteiger partial charge in [-0.05, 0) is 31.0 Å². The van der Waals surface area contributed by atoms with Crippen LogP contribution in [0, 0.1) is 13.8 Å². The highest BCUT2D eigenvalue weighted by molar-refractivity contribution is 5.87. The Kier molecular flexibility index (Phi) is 2.19. The monoisotopic (exact) mass is 204 g/mol. The molecule has 0 aliphatic rings. The van der Waals surface area contributed by atoms with Crippen LogP contribution in [0.4, 0.5) is 0 Å². The molecule has 0 atom stereocenters. The zero-order valence-corrected chi connectivity index (χ0v) is 8.92. The summed E-state index contributed by atoms with van der Waals surface area (Å²) in [5.74, 6) is 0.638. The van der Waals surface area contributed by atoms with E-state index in [1.165, 1.54) is 6.33 Å². The number of hydrogen-bond acceptors (Lipinski definition) is 3. The predicted octanol–water partition coefficient (Wildman–Crippen LogP) is 1.55. The normalized spacial score (nSPS) is 10.6. The number of aromatic nitrogens is 2. The van der Waals surface area contributed by atoms with Crippen LogP contribution in [0.15, 0.2) is 17.2 Å². The number of aryl methyl sites for hydroxylation is 2. The van der Waals surface area contributed by atoms with Crippen molar-refractivity contribution in [1.82, 2.24) is 9.97 Å². The quantitative estimate of drug-likeness (QED) is 0.766. The molecule has 4 heteroatoms. The third-order valence-corrected chi connectivity index (χ3v) is 2.62. The minimum atomic E-state index is -0.125. The molecule has 0 saturated heterocycles. The lowest BCUT2D eigenvalue weighted by atomic mass is 10.0. The maximum absolute atomic E-state index is 11.7. The van der Waals surface area contributed by atoms with Crippen molar-refractivity contribution in [3.8, 4) is 5.75 Å². The van der Waals surface area contributed by atoms with Gasteiger partial charge in [0.1, 0.15) is 11.3 Å². The summed E-state index contributed by atoms with van der Waals surface area (Å²) in [7, 11) is 1.58. The second kappa shape index (κ2) is 3.38. The average molecular weight is 204 g/mol. The van der Waals surface area contributed by atoms with Crippen molar-refractivity contribution in [1.29, 1.82) is 0 Å². The minimum absolute atomic E-state index is 0.125. The molecule has 0 radical (unpaired) electrons. The van der Waals surface area contributed by atoms with Crippen molar-refractivity contribution in [3.05, 3.63) is 33.9 Å². The Morgan fingerprint density at radius 3 is 2.80 bits per heavy atom. The third kappa shape index (κ3) is 1.38. The number of aromatic amines is 1. The van der Waals surface area contributed by atoms with E-state index in [1.54, 1.807) is 7.11 Å². The maximum atomic E-state index is 11.7. The molecule has 0 unspecified atom stereocenters. The fourth-order valence-electron chi connectivity index (χ4n) is 1.66. The van der Waals surface area contributed by atoms with Gasteiger partial charge in [-0.1, -0.05) is 0 Å². The molecule has 1 aromatic heterocycles. The first-order valence-electron chi connectivity index (χ1n) is 4.66. The molecule has 0 spiro atoms. The minimum Gasteiger partial charge on any atom is -0.494 e. The second-order valence-electron chi connectivity index (χ2n) is 3.48. The van der Waals surface area contributed by atoms with E-state index in [0.29, 0.717) is 16.7 Å². The van der Waals surface area contributed by atoms with E-state index < -0.39 is 0 Å². The molecule has 15 heavy (non-hydrogen) atoms. The fraction of sp³-hybridized carbons (Fsp3) is 0.273. The van der Waals surface area contributed by atoms with Crippen molar-refractivity contribution >= 4 is 10.9 Å². The SMILES string of the molecule is COc1cc(C)c(C)c2c(=O)[nH]cnc12. The Labute approximate surface area is 86.9 Å². The van der Waals surface area contributed by atoms with Crippen molar-refractivity contribution < 1.29 is 4.74 Å². The zero-order chi connectivity index (χ0) is 11.0. The highest BCUT2D eigenvalue weighted by Gasteiger charge is 2.10. The van der Waals surface area contributed by atoms with Crippen LogP contribution in [-0.4, -0.2) is 17.1 Å². The van der Waals surface area contributed by atoms with Crippen molar-refractivity contribution in [2.75, 3.05) is 7.11 Å². The fourth-order valence-corrected chi connectivity index (χ4v) is 1.66. The van der Waals surface area contributed by atoms with Gasteiger partial charge >= 0.3 is 0 Å². The first-order valence-corrected chi connectivity index (χ1v) is 4.66. The third-order valence-electron chi connectivity index (χ3n) is 2.62. The van der Waals surface area contributed by atoms with Crippen LogP contribution in [0.3, 0.4) is 0 Å². The molecule has 2 aromatic rings. The van der Waals surface area contributed by atoms with Crippen LogP contribution in [0.25, 0.3) is 10.9 Å². The van der Waals surface area contributed by atoms with Gasteiger partial charge in [-0.2, -0.15) is 0 Å². The standard InChI is InChI=1S/C11H12N2O2/c1-6-4-8(15-3)10-9(7(6)2)11(14)13-5-12-10/h4-5H,1-3H3,(H,12,13,14). The molecule has 1 aromatic carbocycles. The molecule has 1 N–H and O–H groups in total. The van der Waals surface area contributed by atoms with Crippen LogP contribution >= 0.6 is 0 Å². The summed E-state index contributed by atoms with van der Waals surface area (Å²) in [6, 6.07) is 1.89. The molecule has 4 nitrogen and oxygen atoms in total. The summed E-state index contributed by atoms with van der Waals surface area (Å²) in [6.45, 7) is 3.86. The van der Waals surface area contributed by atoms with Gasteiger partial charge in [-0.15, -0.1) is 0 Å². The van der Waals surface area contributed by atoms with Gasteiger partial charge in [0.2, 0.25) is 0 Å². The summed E-state index contributed by atoms with van der Waals surface area (Å²) >= 11 is 0. The van der Waals surface area contributed by atoms with E-state index in [2.05, 4.69) is 9.97 Å². The lowest BCUT2D eigenvalue weighted by Crippen LogP contribution is -2.09. The maximum Gasteiger partial charge on any atom is 0.258 e. The number of ether oxygens (including phenoxy) is 1. The lowest BCUT2D eigenvalue weighted by molar-refractivity contribution is 0.418.